The van der Waals surface area contributed by atoms with Crippen LogP contribution in [0.4, 0.5) is 0 Å². The molecule has 2 aliphatic rings. The van der Waals surface area contributed by atoms with E-state index in [1.807, 2.05) is 0 Å². The highest BCUT2D eigenvalue weighted by Gasteiger charge is 2.55. The van der Waals surface area contributed by atoms with Gasteiger partial charge in [0.25, 0.3) is 0 Å². The van der Waals surface area contributed by atoms with Gasteiger partial charge in [-0.1, -0.05) is 46.4 Å². The number of hydrogen-bond donors (Lipinski definition) is 2. The van der Waals surface area contributed by atoms with Crippen LogP contribution < -0.4 is 4.74 Å². The summed E-state index contributed by atoms with van der Waals surface area (Å²) in [6.07, 6.45) is -0.101. The average Bonchev–Trinajstić information content (AvgIpc) is 3.11. The van der Waals surface area contributed by atoms with Crippen LogP contribution in [0.15, 0.2) is 24.3 Å². The molecule has 0 saturated carbocycles. The first kappa shape index (κ1) is 24.8. The molecule has 36 heavy (non-hydrogen) atoms. The molecule has 1 spiro atoms. The lowest BCUT2D eigenvalue weighted by Crippen LogP contribution is -2.34. The molecular formula is C25H16Cl4O7. The van der Waals surface area contributed by atoms with Crippen LogP contribution in [0.2, 0.25) is 20.1 Å². The van der Waals surface area contributed by atoms with Crippen molar-refractivity contribution in [3.05, 3.63) is 77.7 Å². The van der Waals surface area contributed by atoms with Crippen LogP contribution in [0.25, 0.3) is 0 Å². The third-order valence-corrected chi connectivity index (χ3v) is 7.71. The average molecular weight is 570 g/mol. The molecule has 0 aliphatic carbocycles. The SMILES string of the molecule is COC(=O)CCc1c(O)c(Cl)cc2c1Oc1c(cc(Cl)c(O)c1C)C21OC(=O)c2cc(Cl)c(Cl)cc21. The molecule has 2 aliphatic heterocycles. The van der Waals surface area contributed by atoms with Gasteiger partial charge in [0, 0.05) is 34.2 Å². The Bertz CT molecular complexity index is 1500. The van der Waals surface area contributed by atoms with Crippen molar-refractivity contribution >= 4 is 58.3 Å². The maximum atomic E-state index is 13.2. The minimum absolute atomic E-state index is 0.00183. The van der Waals surface area contributed by atoms with Gasteiger partial charge in [-0.2, -0.15) is 0 Å². The molecule has 186 valence electrons. The van der Waals surface area contributed by atoms with Crippen molar-refractivity contribution in [3.8, 4) is 23.0 Å². The number of rotatable bonds is 3. The number of phenols is 2. The van der Waals surface area contributed by atoms with Crippen LogP contribution >= 0.6 is 46.4 Å². The normalized spacial score (nSPS) is 17.2. The molecule has 0 radical (unpaired) electrons. The zero-order valence-electron chi connectivity index (χ0n) is 18.7. The fourth-order valence-electron chi connectivity index (χ4n) is 4.66. The van der Waals surface area contributed by atoms with Gasteiger partial charge in [0.15, 0.2) is 5.60 Å². The molecule has 3 aromatic rings. The Morgan fingerprint density at radius 3 is 2.17 bits per heavy atom. The maximum absolute atomic E-state index is 13.2. The van der Waals surface area contributed by atoms with E-state index < -0.39 is 17.5 Å². The number of ether oxygens (including phenoxy) is 3. The molecule has 2 N–H and O–H groups in total. The Balaban J connectivity index is 1.90. The van der Waals surface area contributed by atoms with Crippen molar-refractivity contribution in [3.63, 3.8) is 0 Å². The highest BCUT2D eigenvalue weighted by atomic mass is 35.5. The summed E-state index contributed by atoms with van der Waals surface area (Å²) < 4.78 is 17.0. The standard InChI is InChI=1S/C25H16Cl4O7/c1-9-20(31)17(28)7-13-22(9)35-23-10(3-4-19(30)34-2)21(32)18(29)8-14(23)25(13)12-6-16(27)15(26)5-11(12)24(33)36-25/h5-8,31-32H,3-4H2,1-2H3. The topological polar surface area (TPSA) is 102 Å². The van der Waals surface area contributed by atoms with Gasteiger partial charge in [-0.25, -0.2) is 4.79 Å². The largest absolute Gasteiger partial charge is 0.506 e. The van der Waals surface area contributed by atoms with Crippen molar-refractivity contribution in [2.24, 2.45) is 0 Å². The summed E-state index contributed by atoms with van der Waals surface area (Å²) in [6.45, 7) is 1.58. The summed E-state index contributed by atoms with van der Waals surface area (Å²) in [5.74, 6) is -1.50. The third-order valence-electron chi connectivity index (χ3n) is 6.41. The number of esters is 2. The van der Waals surface area contributed by atoms with Gasteiger partial charge in [-0.3, -0.25) is 4.79 Å². The van der Waals surface area contributed by atoms with E-state index in [2.05, 4.69) is 0 Å². The molecule has 0 bridgehead atoms. The highest BCUT2D eigenvalue weighted by Crippen LogP contribution is 2.61. The van der Waals surface area contributed by atoms with E-state index in [9.17, 15) is 19.8 Å². The molecular weight excluding hydrogens is 554 g/mol. The molecule has 1 atom stereocenters. The van der Waals surface area contributed by atoms with Crippen LogP contribution in [-0.2, 0) is 26.3 Å². The van der Waals surface area contributed by atoms with Crippen LogP contribution in [0.5, 0.6) is 23.0 Å². The fraction of sp³-hybridized carbons (Fsp3) is 0.200. The third kappa shape index (κ3) is 3.41. The number of carbonyl (C=O) groups is 2. The molecule has 0 amide bonds. The Labute approximate surface area is 225 Å². The van der Waals surface area contributed by atoms with Gasteiger partial charge < -0.3 is 24.4 Å². The summed E-state index contributed by atoms with van der Waals surface area (Å²) in [5, 5.41) is 21.6. The maximum Gasteiger partial charge on any atom is 0.340 e. The molecule has 11 heteroatoms. The van der Waals surface area contributed by atoms with E-state index in [4.69, 9.17) is 60.6 Å². The van der Waals surface area contributed by atoms with E-state index in [0.717, 1.165) is 0 Å². The molecule has 0 saturated heterocycles. The first-order valence-electron chi connectivity index (χ1n) is 10.6. The molecule has 0 fully saturated rings. The first-order chi connectivity index (χ1) is 17.0. The van der Waals surface area contributed by atoms with E-state index in [1.54, 1.807) is 6.92 Å². The zero-order chi connectivity index (χ0) is 26.1. The summed E-state index contributed by atoms with van der Waals surface area (Å²) in [4.78, 5) is 25.0. The van der Waals surface area contributed by atoms with Crippen LogP contribution in [-0.4, -0.2) is 29.3 Å². The molecule has 3 aromatic carbocycles. The number of benzene rings is 3. The highest BCUT2D eigenvalue weighted by molar-refractivity contribution is 6.42. The second-order valence-corrected chi connectivity index (χ2v) is 9.96. The quantitative estimate of drug-likeness (QED) is 0.338. The van der Waals surface area contributed by atoms with Gasteiger partial charge in [0.1, 0.15) is 23.0 Å². The Hall–Kier alpha value is -2.84. The van der Waals surface area contributed by atoms with Crippen molar-refractivity contribution in [1.29, 1.82) is 0 Å². The number of aromatic hydroxyl groups is 2. The number of fused-ring (bicyclic) bond motifs is 6. The molecule has 2 heterocycles. The molecule has 1 unspecified atom stereocenters. The summed E-state index contributed by atoms with van der Waals surface area (Å²) in [7, 11) is 1.25. The Kier molecular flexibility index (Phi) is 5.95. The van der Waals surface area contributed by atoms with Crippen molar-refractivity contribution < 1.29 is 34.0 Å². The number of halogens is 4. The van der Waals surface area contributed by atoms with Crippen LogP contribution in [0, 0.1) is 6.92 Å². The van der Waals surface area contributed by atoms with E-state index in [1.165, 1.54) is 31.4 Å². The van der Waals surface area contributed by atoms with Crippen LogP contribution in [0.3, 0.4) is 0 Å². The van der Waals surface area contributed by atoms with E-state index in [-0.39, 0.29) is 78.2 Å². The van der Waals surface area contributed by atoms with Gasteiger partial charge in [-0.15, -0.1) is 0 Å². The van der Waals surface area contributed by atoms with Crippen molar-refractivity contribution in [2.75, 3.05) is 7.11 Å². The minimum Gasteiger partial charge on any atom is -0.506 e. The smallest absolute Gasteiger partial charge is 0.340 e. The lowest BCUT2D eigenvalue weighted by molar-refractivity contribution is -0.140. The van der Waals surface area contributed by atoms with E-state index in [0.29, 0.717) is 11.1 Å². The predicted octanol–water partition coefficient (Wildman–Crippen LogP) is 6.69. The van der Waals surface area contributed by atoms with Gasteiger partial charge >= 0.3 is 11.9 Å². The second-order valence-electron chi connectivity index (χ2n) is 8.33. The predicted molar refractivity (Wildman–Crippen MR) is 133 cm³/mol. The summed E-state index contributed by atoms with van der Waals surface area (Å²) >= 11 is 25.3. The fourth-order valence-corrected chi connectivity index (χ4v) is 5.46. The lowest BCUT2D eigenvalue weighted by atomic mass is 9.76. The zero-order valence-corrected chi connectivity index (χ0v) is 21.7. The van der Waals surface area contributed by atoms with Crippen molar-refractivity contribution in [1.82, 2.24) is 0 Å². The minimum atomic E-state index is -1.66. The lowest BCUT2D eigenvalue weighted by Gasteiger charge is -2.38. The summed E-state index contributed by atoms with van der Waals surface area (Å²) in [5.41, 5.74) is -0.138. The summed E-state index contributed by atoms with van der Waals surface area (Å²) in [6, 6.07) is 5.76. The van der Waals surface area contributed by atoms with Gasteiger partial charge in [0.2, 0.25) is 0 Å². The van der Waals surface area contributed by atoms with Gasteiger partial charge in [0.05, 0.1) is 32.8 Å². The Morgan fingerprint density at radius 1 is 0.917 bits per heavy atom. The number of hydrogen-bond acceptors (Lipinski definition) is 7. The second kappa shape index (κ2) is 8.63. The first-order valence-corrected chi connectivity index (χ1v) is 12.1. The number of methoxy groups -OCH3 is 1. The Morgan fingerprint density at radius 2 is 1.50 bits per heavy atom. The monoisotopic (exact) mass is 568 g/mol. The molecule has 5 rings (SSSR count). The molecule has 0 aromatic heterocycles. The van der Waals surface area contributed by atoms with Crippen molar-refractivity contribution in [2.45, 2.75) is 25.4 Å². The van der Waals surface area contributed by atoms with Gasteiger partial charge in [-0.05, 0) is 37.6 Å². The van der Waals surface area contributed by atoms with Crippen LogP contribution in [0.1, 0.15) is 44.6 Å². The van der Waals surface area contributed by atoms with E-state index >= 15 is 0 Å². The molecule has 7 nitrogen and oxygen atoms in total. The number of carbonyl (C=O) groups excluding carboxylic acids is 2. The number of phenolic OH excluding ortho intramolecular Hbond substituents is 2.